The molecule has 0 fully saturated rings. The summed E-state index contributed by atoms with van der Waals surface area (Å²) in [6.45, 7) is 7.13. The van der Waals surface area contributed by atoms with Crippen LogP contribution in [0, 0.1) is 6.92 Å². The van der Waals surface area contributed by atoms with E-state index in [4.69, 9.17) is 21.1 Å². The Labute approximate surface area is 257 Å². The Morgan fingerprint density at radius 1 is 1.02 bits per heavy atom. The molecule has 1 N–H and O–H groups in total. The number of aromatic nitrogens is 1. The minimum absolute atomic E-state index is 0.141. The van der Waals surface area contributed by atoms with Gasteiger partial charge in [-0.2, -0.15) is 0 Å². The number of hydrogen-bond acceptors (Lipinski definition) is 7. The van der Waals surface area contributed by atoms with Gasteiger partial charge < -0.3 is 14.8 Å². The molecule has 0 saturated heterocycles. The summed E-state index contributed by atoms with van der Waals surface area (Å²) >= 11 is 7.38. The molecule has 220 valence electrons. The van der Waals surface area contributed by atoms with Crippen LogP contribution in [0.3, 0.4) is 0 Å². The molecule has 4 aromatic rings. The smallest absolute Gasteiger partial charge is 0.338 e. The molecule has 0 bridgehead atoms. The predicted octanol–water partition coefficient (Wildman–Crippen LogP) is 5.17. The Morgan fingerprint density at radius 3 is 2.35 bits per heavy atom. The first-order chi connectivity index (χ1) is 20.6. The van der Waals surface area contributed by atoms with Gasteiger partial charge in [-0.1, -0.05) is 64.9 Å². The van der Waals surface area contributed by atoms with E-state index in [9.17, 15) is 14.4 Å². The van der Waals surface area contributed by atoms with Crippen LogP contribution in [0.2, 0.25) is 5.02 Å². The number of nitrogens with zero attached hydrogens (tertiary/aromatic N) is 2. The quantitative estimate of drug-likeness (QED) is 0.276. The zero-order valence-corrected chi connectivity index (χ0v) is 25.7. The number of anilines is 1. The summed E-state index contributed by atoms with van der Waals surface area (Å²) in [6.07, 6.45) is 1.43. The SMILES string of the molecule is CC1=C(C(=O)OC(C)C)C(c2ccc(Cl)cc2)n2c(sc(=Cc3ccc(OCC(=O)Nc4ccc(C)cc4)cc3)c2=O)=N1. The molecule has 5 rings (SSSR count). The van der Waals surface area contributed by atoms with Crippen LogP contribution < -0.4 is 24.9 Å². The van der Waals surface area contributed by atoms with Crippen molar-refractivity contribution < 1.29 is 19.1 Å². The first-order valence-corrected chi connectivity index (χ1v) is 14.9. The number of benzene rings is 3. The summed E-state index contributed by atoms with van der Waals surface area (Å²) in [7, 11) is 0. The monoisotopic (exact) mass is 615 g/mol. The highest BCUT2D eigenvalue weighted by molar-refractivity contribution is 7.07. The number of esters is 1. The molecule has 0 radical (unpaired) electrons. The van der Waals surface area contributed by atoms with Gasteiger partial charge >= 0.3 is 5.97 Å². The lowest BCUT2D eigenvalue weighted by Gasteiger charge is -2.25. The van der Waals surface area contributed by atoms with Crippen LogP contribution in [0.25, 0.3) is 6.08 Å². The summed E-state index contributed by atoms with van der Waals surface area (Å²) in [4.78, 5) is 44.4. The minimum atomic E-state index is -0.719. The van der Waals surface area contributed by atoms with Crippen molar-refractivity contribution in [1.82, 2.24) is 4.57 Å². The molecule has 2 heterocycles. The standard InChI is InChI=1S/C33H30ClN3O5S/c1-19(2)42-32(40)29-21(4)35-33-37(30(29)23-9-11-24(34)12-10-23)31(39)27(43-33)17-22-7-15-26(16-8-22)41-18-28(38)36-25-13-5-20(3)6-14-25/h5-17,19,30H,18H2,1-4H3,(H,36,38). The molecule has 1 aliphatic rings. The number of ether oxygens (including phenoxy) is 2. The number of carbonyl (C=O) groups excluding carboxylic acids is 2. The fourth-order valence-electron chi connectivity index (χ4n) is 4.62. The van der Waals surface area contributed by atoms with E-state index in [1.807, 2.05) is 31.2 Å². The van der Waals surface area contributed by atoms with Crippen LogP contribution >= 0.6 is 22.9 Å². The summed E-state index contributed by atoms with van der Waals surface area (Å²) in [5, 5.41) is 3.34. The third kappa shape index (κ3) is 6.96. The second kappa shape index (κ2) is 12.8. The van der Waals surface area contributed by atoms with Gasteiger partial charge in [0.2, 0.25) is 0 Å². The van der Waals surface area contributed by atoms with E-state index in [1.165, 1.54) is 15.9 Å². The Morgan fingerprint density at radius 2 is 1.70 bits per heavy atom. The first kappa shape index (κ1) is 30.0. The van der Waals surface area contributed by atoms with Gasteiger partial charge in [-0.3, -0.25) is 14.2 Å². The molecular formula is C33H30ClN3O5S. The lowest BCUT2D eigenvalue weighted by atomic mass is 9.96. The van der Waals surface area contributed by atoms with E-state index >= 15 is 0 Å². The molecule has 10 heteroatoms. The van der Waals surface area contributed by atoms with Gasteiger partial charge in [0.1, 0.15) is 5.75 Å². The zero-order chi connectivity index (χ0) is 30.7. The van der Waals surface area contributed by atoms with E-state index in [0.29, 0.717) is 37.1 Å². The van der Waals surface area contributed by atoms with Gasteiger partial charge in [-0.15, -0.1) is 0 Å². The Kier molecular flexibility index (Phi) is 8.94. The normalized spacial score (nSPS) is 14.7. The molecule has 8 nitrogen and oxygen atoms in total. The maximum absolute atomic E-state index is 13.8. The largest absolute Gasteiger partial charge is 0.484 e. The second-order valence-corrected chi connectivity index (χ2v) is 11.8. The first-order valence-electron chi connectivity index (χ1n) is 13.7. The summed E-state index contributed by atoms with van der Waals surface area (Å²) in [5.41, 5.74) is 3.81. The van der Waals surface area contributed by atoms with E-state index in [-0.39, 0.29) is 24.2 Å². The average Bonchev–Trinajstić information content (AvgIpc) is 3.27. The van der Waals surface area contributed by atoms with Crippen LogP contribution in [0.5, 0.6) is 5.75 Å². The van der Waals surface area contributed by atoms with Gasteiger partial charge in [-0.25, -0.2) is 9.79 Å². The van der Waals surface area contributed by atoms with E-state index < -0.39 is 12.0 Å². The fourth-order valence-corrected chi connectivity index (χ4v) is 5.79. The third-order valence-corrected chi connectivity index (χ3v) is 7.89. The van der Waals surface area contributed by atoms with Crippen molar-refractivity contribution in [3.8, 4) is 5.75 Å². The van der Waals surface area contributed by atoms with Crippen molar-refractivity contribution >= 4 is 46.6 Å². The molecule has 1 atom stereocenters. The molecule has 0 aliphatic carbocycles. The molecule has 1 aliphatic heterocycles. The highest BCUT2D eigenvalue weighted by Gasteiger charge is 2.33. The van der Waals surface area contributed by atoms with E-state index in [0.717, 1.165) is 16.7 Å². The number of allylic oxidation sites excluding steroid dienone is 1. The maximum atomic E-state index is 13.8. The van der Waals surface area contributed by atoms with Crippen LogP contribution in [-0.4, -0.2) is 29.2 Å². The lowest BCUT2D eigenvalue weighted by Crippen LogP contribution is -2.40. The number of thiazole rings is 1. The Bertz CT molecular complexity index is 1870. The molecular weight excluding hydrogens is 586 g/mol. The van der Waals surface area contributed by atoms with Gasteiger partial charge in [0, 0.05) is 10.7 Å². The van der Waals surface area contributed by atoms with E-state index in [2.05, 4.69) is 10.3 Å². The Hall–Kier alpha value is -4.47. The molecule has 1 unspecified atom stereocenters. The van der Waals surface area contributed by atoms with Crippen molar-refractivity contribution in [1.29, 1.82) is 0 Å². The highest BCUT2D eigenvalue weighted by Crippen LogP contribution is 2.31. The third-order valence-electron chi connectivity index (χ3n) is 6.65. The fraction of sp³-hybridized carbons (Fsp3) is 0.212. The summed E-state index contributed by atoms with van der Waals surface area (Å²) in [5.74, 6) is -0.269. The van der Waals surface area contributed by atoms with Crippen LogP contribution in [0.4, 0.5) is 5.69 Å². The van der Waals surface area contributed by atoms with Gasteiger partial charge in [0.15, 0.2) is 11.4 Å². The summed E-state index contributed by atoms with van der Waals surface area (Å²) in [6, 6.07) is 20.9. The van der Waals surface area contributed by atoms with Crippen LogP contribution in [0.15, 0.2) is 93.9 Å². The van der Waals surface area contributed by atoms with Crippen molar-refractivity contribution in [2.75, 3.05) is 11.9 Å². The molecule has 1 aromatic heterocycles. The number of aryl methyl sites for hydroxylation is 1. The number of hydrogen-bond donors (Lipinski definition) is 1. The maximum Gasteiger partial charge on any atom is 0.338 e. The molecule has 0 spiro atoms. The number of nitrogens with one attached hydrogen (secondary N) is 1. The summed E-state index contributed by atoms with van der Waals surface area (Å²) < 4.78 is 13.2. The number of carbonyl (C=O) groups is 2. The minimum Gasteiger partial charge on any atom is -0.484 e. The van der Waals surface area contributed by atoms with Crippen LogP contribution in [0.1, 0.15) is 43.5 Å². The zero-order valence-electron chi connectivity index (χ0n) is 24.1. The second-order valence-electron chi connectivity index (χ2n) is 10.4. The van der Waals surface area contributed by atoms with Crippen LogP contribution in [-0.2, 0) is 14.3 Å². The lowest BCUT2D eigenvalue weighted by molar-refractivity contribution is -0.143. The number of rotatable bonds is 8. The van der Waals surface area contributed by atoms with Crippen molar-refractivity contribution in [3.05, 3.63) is 125 Å². The van der Waals surface area contributed by atoms with Crippen molar-refractivity contribution in [3.63, 3.8) is 0 Å². The van der Waals surface area contributed by atoms with Gasteiger partial charge in [-0.05, 0) is 81.3 Å². The predicted molar refractivity (Wildman–Crippen MR) is 168 cm³/mol. The van der Waals surface area contributed by atoms with Gasteiger partial charge in [0.25, 0.3) is 11.5 Å². The average molecular weight is 616 g/mol. The number of halogens is 1. The Balaban J connectivity index is 1.40. The topological polar surface area (TPSA) is 99.0 Å². The van der Waals surface area contributed by atoms with E-state index in [1.54, 1.807) is 75.4 Å². The highest BCUT2D eigenvalue weighted by atomic mass is 35.5. The number of fused-ring (bicyclic) bond motifs is 1. The van der Waals surface area contributed by atoms with Crippen molar-refractivity contribution in [2.24, 2.45) is 4.99 Å². The molecule has 0 saturated carbocycles. The van der Waals surface area contributed by atoms with Gasteiger partial charge in [0.05, 0.1) is 27.9 Å². The number of amides is 1. The molecule has 43 heavy (non-hydrogen) atoms. The molecule has 1 amide bonds. The van der Waals surface area contributed by atoms with Crippen molar-refractivity contribution in [2.45, 2.75) is 39.8 Å². The molecule has 3 aromatic carbocycles.